The third-order valence-electron chi connectivity index (χ3n) is 5.54. The Kier molecular flexibility index (Phi) is 5.69. The van der Waals surface area contributed by atoms with Gasteiger partial charge in [-0.1, -0.05) is 66.7 Å². The molecule has 5 rings (SSSR count). The van der Waals surface area contributed by atoms with Crippen molar-refractivity contribution in [3.05, 3.63) is 120 Å². The fourth-order valence-electron chi connectivity index (χ4n) is 3.96. The molecule has 1 aliphatic rings. The monoisotopic (exact) mass is 467 g/mol. The van der Waals surface area contributed by atoms with E-state index in [0.717, 1.165) is 11.3 Å². The molecule has 2 N–H and O–H groups in total. The Morgan fingerprint density at radius 2 is 1.41 bits per heavy atom. The Morgan fingerprint density at radius 1 is 0.794 bits per heavy atom. The highest BCUT2D eigenvalue weighted by molar-refractivity contribution is 7.92. The first kappa shape index (κ1) is 21.6. The van der Waals surface area contributed by atoms with E-state index in [1.54, 1.807) is 36.4 Å². The fourth-order valence-corrected chi connectivity index (χ4v) is 5.03. The number of rotatable bonds is 6. The number of aliphatic imine (C=N–C) groups is 1. The molecule has 0 aromatic heterocycles. The molecule has 7 heteroatoms. The number of sulfonamides is 1. The summed E-state index contributed by atoms with van der Waals surface area (Å²) >= 11 is 0. The minimum absolute atomic E-state index is 0.164. The normalized spacial score (nSPS) is 15.5. The van der Waals surface area contributed by atoms with Crippen molar-refractivity contribution >= 4 is 38.7 Å². The van der Waals surface area contributed by atoms with Crippen LogP contribution in [0.4, 0.5) is 17.1 Å². The zero-order chi connectivity index (χ0) is 23.5. The number of nitrogens with zero attached hydrogens (tertiary/aromatic N) is 1. The Labute approximate surface area is 198 Å². The number of nitrogens with one attached hydrogen (secondary N) is 2. The van der Waals surface area contributed by atoms with Crippen LogP contribution in [0.15, 0.2) is 119 Å². The van der Waals surface area contributed by atoms with E-state index < -0.39 is 15.9 Å². The summed E-state index contributed by atoms with van der Waals surface area (Å²) < 4.78 is 28.3. The summed E-state index contributed by atoms with van der Waals surface area (Å²) in [6.45, 7) is 0. The average molecular weight is 468 g/mol. The Hall–Kier alpha value is -4.23. The van der Waals surface area contributed by atoms with Crippen LogP contribution in [0.25, 0.3) is 0 Å². The lowest BCUT2D eigenvalue weighted by atomic mass is 9.90. The number of para-hydroxylation sites is 1. The third-order valence-corrected chi connectivity index (χ3v) is 6.93. The van der Waals surface area contributed by atoms with Crippen LogP contribution in [0.3, 0.4) is 0 Å². The van der Waals surface area contributed by atoms with Crippen LogP contribution in [0.1, 0.15) is 17.0 Å². The highest BCUT2D eigenvalue weighted by atomic mass is 32.2. The lowest BCUT2D eigenvalue weighted by molar-refractivity contribution is -0.115. The second kappa shape index (κ2) is 8.96. The minimum Gasteiger partial charge on any atom is -0.325 e. The lowest BCUT2D eigenvalue weighted by Gasteiger charge is -2.15. The summed E-state index contributed by atoms with van der Waals surface area (Å²) in [5, 5.41) is 2.91. The molecule has 34 heavy (non-hydrogen) atoms. The Morgan fingerprint density at radius 3 is 2.09 bits per heavy atom. The number of amides is 1. The van der Waals surface area contributed by atoms with Crippen molar-refractivity contribution in [2.24, 2.45) is 4.99 Å². The van der Waals surface area contributed by atoms with Crippen molar-refractivity contribution in [2.45, 2.75) is 10.8 Å². The zero-order valence-corrected chi connectivity index (χ0v) is 18.9. The molecule has 4 aromatic carbocycles. The van der Waals surface area contributed by atoms with E-state index in [-0.39, 0.29) is 10.8 Å². The van der Waals surface area contributed by atoms with Gasteiger partial charge in [0, 0.05) is 11.4 Å². The van der Waals surface area contributed by atoms with E-state index in [0.29, 0.717) is 22.6 Å². The highest BCUT2D eigenvalue weighted by Crippen LogP contribution is 2.38. The molecule has 0 saturated heterocycles. The average Bonchev–Trinajstić information content (AvgIpc) is 3.19. The number of carbonyl (C=O) groups is 1. The van der Waals surface area contributed by atoms with Crippen molar-refractivity contribution in [2.75, 3.05) is 10.0 Å². The molecular formula is C27H21N3O3S. The molecule has 6 nitrogen and oxygen atoms in total. The smallest absolute Gasteiger partial charge is 0.261 e. The summed E-state index contributed by atoms with van der Waals surface area (Å²) in [5.41, 5.74) is 3.80. The molecule has 1 unspecified atom stereocenters. The van der Waals surface area contributed by atoms with E-state index in [4.69, 9.17) is 4.99 Å². The predicted octanol–water partition coefficient (Wildman–Crippen LogP) is 5.34. The van der Waals surface area contributed by atoms with Gasteiger partial charge < -0.3 is 5.32 Å². The van der Waals surface area contributed by atoms with Crippen LogP contribution < -0.4 is 10.0 Å². The lowest BCUT2D eigenvalue weighted by Crippen LogP contribution is -2.22. The Bertz CT molecular complexity index is 1470. The number of fused-ring (bicyclic) bond motifs is 1. The van der Waals surface area contributed by atoms with E-state index in [1.165, 1.54) is 12.1 Å². The zero-order valence-electron chi connectivity index (χ0n) is 18.0. The largest absolute Gasteiger partial charge is 0.325 e. The second-order valence-corrected chi connectivity index (χ2v) is 9.52. The summed E-state index contributed by atoms with van der Waals surface area (Å²) in [5.74, 6) is -0.907. The van der Waals surface area contributed by atoms with Crippen molar-refractivity contribution in [1.29, 1.82) is 0 Å². The van der Waals surface area contributed by atoms with Crippen LogP contribution in [-0.2, 0) is 14.8 Å². The second-order valence-electron chi connectivity index (χ2n) is 7.84. The fraction of sp³-hybridized carbons (Fsp3) is 0.0370. The van der Waals surface area contributed by atoms with Crippen LogP contribution >= 0.6 is 0 Å². The van der Waals surface area contributed by atoms with Gasteiger partial charge in [0.15, 0.2) is 0 Å². The quantitative estimate of drug-likeness (QED) is 0.375. The van der Waals surface area contributed by atoms with Gasteiger partial charge in [-0.3, -0.25) is 14.5 Å². The van der Waals surface area contributed by atoms with E-state index >= 15 is 0 Å². The predicted molar refractivity (Wildman–Crippen MR) is 134 cm³/mol. The first-order valence-electron chi connectivity index (χ1n) is 10.7. The molecule has 0 saturated carbocycles. The number of anilines is 2. The maximum absolute atomic E-state index is 13.1. The Balaban J connectivity index is 1.57. The van der Waals surface area contributed by atoms with Crippen molar-refractivity contribution < 1.29 is 13.2 Å². The van der Waals surface area contributed by atoms with Gasteiger partial charge in [0.05, 0.1) is 16.3 Å². The van der Waals surface area contributed by atoms with Gasteiger partial charge in [-0.25, -0.2) is 8.42 Å². The maximum Gasteiger partial charge on any atom is 0.261 e. The molecule has 4 aromatic rings. The first-order valence-corrected chi connectivity index (χ1v) is 12.2. The molecule has 1 aliphatic heterocycles. The standard InChI is InChI=1S/C27H21N3O3S/c31-27-25(26(19-10-4-1-5-11-19)28-20-12-6-2-7-13-20)23-18-21(16-17-24(23)29-27)30-34(32,33)22-14-8-3-9-15-22/h1-18,25,30H,(H,29,31). The van der Waals surface area contributed by atoms with Gasteiger partial charge in [0.1, 0.15) is 5.92 Å². The number of benzene rings is 4. The number of hydrogen-bond donors (Lipinski definition) is 2. The van der Waals surface area contributed by atoms with Gasteiger partial charge in [0.25, 0.3) is 10.0 Å². The van der Waals surface area contributed by atoms with E-state index in [1.807, 2.05) is 60.7 Å². The maximum atomic E-state index is 13.1. The van der Waals surface area contributed by atoms with E-state index in [2.05, 4.69) is 10.0 Å². The molecule has 0 radical (unpaired) electrons. The third kappa shape index (κ3) is 4.33. The van der Waals surface area contributed by atoms with Crippen LogP contribution in [0.5, 0.6) is 0 Å². The minimum atomic E-state index is -3.77. The van der Waals surface area contributed by atoms with Crippen molar-refractivity contribution in [3.8, 4) is 0 Å². The van der Waals surface area contributed by atoms with Crippen LogP contribution in [0, 0.1) is 0 Å². The molecule has 1 heterocycles. The molecule has 1 atom stereocenters. The van der Waals surface area contributed by atoms with Gasteiger partial charge >= 0.3 is 0 Å². The summed E-state index contributed by atoms with van der Waals surface area (Å²) in [7, 11) is -3.77. The van der Waals surface area contributed by atoms with Gasteiger partial charge in [0.2, 0.25) is 5.91 Å². The molecule has 0 fully saturated rings. The topological polar surface area (TPSA) is 87.6 Å². The SMILES string of the molecule is O=C1Nc2ccc(NS(=O)(=O)c3ccccc3)cc2C1C(=Nc1ccccc1)c1ccccc1. The molecule has 0 bridgehead atoms. The van der Waals surface area contributed by atoms with Gasteiger partial charge in [-0.2, -0.15) is 0 Å². The summed E-state index contributed by atoms with van der Waals surface area (Å²) in [4.78, 5) is 18.1. The molecule has 0 spiro atoms. The number of carbonyl (C=O) groups excluding carboxylic acids is 1. The van der Waals surface area contributed by atoms with Crippen molar-refractivity contribution in [1.82, 2.24) is 0 Å². The van der Waals surface area contributed by atoms with Crippen LogP contribution in [0.2, 0.25) is 0 Å². The highest BCUT2D eigenvalue weighted by Gasteiger charge is 2.36. The molecule has 0 aliphatic carbocycles. The molecule has 168 valence electrons. The van der Waals surface area contributed by atoms with Crippen LogP contribution in [-0.4, -0.2) is 20.0 Å². The van der Waals surface area contributed by atoms with Crippen molar-refractivity contribution in [3.63, 3.8) is 0 Å². The number of hydrogen-bond acceptors (Lipinski definition) is 4. The van der Waals surface area contributed by atoms with Gasteiger partial charge in [-0.15, -0.1) is 0 Å². The molecular weight excluding hydrogens is 446 g/mol. The van der Waals surface area contributed by atoms with E-state index in [9.17, 15) is 13.2 Å². The summed E-state index contributed by atoms with van der Waals surface area (Å²) in [6.07, 6.45) is 0. The molecule has 1 amide bonds. The first-order chi connectivity index (χ1) is 16.5. The summed E-state index contributed by atoms with van der Waals surface area (Å²) in [6, 6.07) is 32.2. The van der Waals surface area contributed by atoms with Gasteiger partial charge in [-0.05, 0) is 53.6 Å².